The summed E-state index contributed by atoms with van der Waals surface area (Å²) in [7, 11) is 0. The van der Waals surface area contributed by atoms with Gasteiger partial charge in [-0.1, -0.05) is 18.7 Å². The highest BCUT2D eigenvalue weighted by Gasteiger charge is 2.14. The Labute approximate surface area is 86.2 Å². The molecule has 1 aromatic rings. The van der Waals surface area contributed by atoms with Gasteiger partial charge in [-0.25, -0.2) is 0 Å². The van der Waals surface area contributed by atoms with Crippen LogP contribution in [0.5, 0.6) is 5.88 Å². The summed E-state index contributed by atoms with van der Waals surface area (Å²) in [5.41, 5.74) is -0.513. The first kappa shape index (κ1) is 11.0. The monoisotopic (exact) mass is 214 g/mol. The molecule has 1 unspecified atom stereocenters. The van der Waals surface area contributed by atoms with E-state index in [-0.39, 0.29) is 6.04 Å². The Morgan fingerprint density at radius 2 is 2.29 bits per heavy atom. The van der Waals surface area contributed by atoms with E-state index in [1.54, 1.807) is 0 Å². The number of aromatic nitrogens is 3. The summed E-state index contributed by atoms with van der Waals surface area (Å²) in [4.78, 5) is 11.5. The van der Waals surface area contributed by atoms with Crippen LogP contribution in [0.3, 0.4) is 0 Å². The quantitative estimate of drug-likeness (QED) is 0.766. The number of hydrogen-bond donors (Lipinski definition) is 1. The molecular formula is C8H12N3O2S. The number of hydrogen-bond acceptors (Lipinski definition) is 5. The molecule has 0 amide bonds. The van der Waals surface area contributed by atoms with Crippen molar-refractivity contribution in [3.8, 4) is 5.88 Å². The fraction of sp³-hybridized carbons (Fsp3) is 0.500. The fourth-order valence-corrected chi connectivity index (χ4v) is 1.55. The maximum Gasteiger partial charge on any atom is 0.317 e. The van der Waals surface area contributed by atoms with Gasteiger partial charge in [-0.3, -0.25) is 9.36 Å². The Morgan fingerprint density at radius 1 is 1.64 bits per heavy atom. The highest BCUT2D eigenvalue weighted by molar-refractivity contribution is 8.00. The highest BCUT2D eigenvalue weighted by atomic mass is 32.2. The Morgan fingerprint density at radius 3 is 2.79 bits per heavy atom. The van der Waals surface area contributed by atoms with Crippen molar-refractivity contribution in [3.63, 3.8) is 0 Å². The van der Waals surface area contributed by atoms with Gasteiger partial charge in [0.2, 0.25) is 0 Å². The summed E-state index contributed by atoms with van der Waals surface area (Å²) in [6, 6.07) is -0.0202. The Kier molecular flexibility index (Phi) is 3.51. The third kappa shape index (κ3) is 1.89. The molecule has 0 aliphatic rings. The van der Waals surface area contributed by atoms with Crippen LogP contribution in [-0.2, 0) is 0 Å². The maximum absolute atomic E-state index is 11.5. The normalized spacial score (nSPS) is 12.8. The predicted octanol–water partition coefficient (Wildman–Crippen LogP) is 1.20. The third-order valence-corrected chi connectivity index (χ3v) is 2.54. The average Bonchev–Trinajstić information content (AvgIpc) is 2.20. The number of aromatic hydroxyl groups is 1. The maximum atomic E-state index is 11.5. The molecule has 5 nitrogen and oxygen atoms in total. The molecule has 1 atom stereocenters. The van der Waals surface area contributed by atoms with Crippen LogP contribution in [0.4, 0.5) is 0 Å². The molecule has 77 valence electrons. The van der Waals surface area contributed by atoms with Crippen LogP contribution in [0.25, 0.3) is 0 Å². The van der Waals surface area contributed by atoms with E-state index in [1.165, 1.54) is 4.57 Å². The van der Waals surface area contributed by atoms with E-state index in [0.29, 0.717) is 5.16 Å². The molecule has 0 saturated heterocycles. The zero-order chi connectivity index (χ0) is 10.7. The van der Waals surface area contributed by atoms with Gasteiger partial charge < -0.3 is 5.11 Å². The van der Waals surface area contributed by atoms with Crippen LogP contribution in [-0.4, -0.2) is 19.9 Å². The van der Waals surface area contributed by atoms with Gasteiger partial charge in [0.15, 0.2) is 5.16 Å². The summed E-state index contributed by atoms with van der Waals surface area (Å²) in [5, 5.41) is 16.6. The van der Waals surface area contributed by atoms with Gasteiger partial charge in [0.05, 0.1) is 0 Å². The lowest BCUT2D eigenvalue weighted by atomic mass is 10.2. The van der Waals surface area contributed by atoms with Crippen molar-refractivity contribution in [1.29, 1.82) is 0 Å². The molecule has 0 saturated carbocycles. The molecule has 1 rings (SSSR count). The Hall–Kier alpha value is -1.04. The van der Waals surface area contributed by atoms with E-state index >= 15 is 0 Å². The van der Waals surface area contributed by atoms with Crippen molar-refractivity contribution < 1.29 is 5.11 Å². The first-order valence-electron chi connectivity index (χ1n) is 4.22. The smallest absolute Gasteiger partial charge is 0.317 e. The van der Waals surface area contributed by atoms with Crippen molar-refractivity contribution >= 4 is 11.8 Å². The van der Waals surface area contributed by atoms with Crippen molar-refractivity contribution in [1.82, 2.24) is 14.8 Å². The number of rotatable bonds is 3. The molecule has 1 radical (unpaired) electrons. The molecule has 0 bridgehead atoms. The lowest BCUT2D eigenvalue weighted by Gasteiger charge is -2.14. The van der Waals surface area contributed by atoms with Crippen molar-refractivity contribution in [3.05, 3.63) is 16.6 Å². The minimum atomic E-state index is -0.567. The molecular weight excluding hydrogens is 202 g/mol. The van der Waals surface area contributed by atoms with Gasteiger partial charge >= 0.3 is 5.56 Å². The molecule has 0 aromatic carbocycles. The Balaban J connectivity index is 3.35. The second-order valence-electron chi connectivity index (χ2n) is 2.88. The summed E-state index contributed by atoms with van der Waals surface area (Å²) < 4.78 is 1.40. The standard InChI is InChI=1S/C8H12N3O2S/c1-4-5(2)11-7(13)6(12)9-10-8(11)14-3/h5H,3-4H2,1-2H3,(H,9,12). The van der Waals surface area contributed by atoms with Crippen LogP contribution in [0.2, 0.25) is 0 Å². The van der Waals surface area contributed by atoms with Crippen LogP contribution < -0.4 is 5.56 Å². The SMILES string of the molecule is [CH2]Sc1nnc(O)c(=O)n1C(C)CC. The van der Waals surface area contributed by atoms with Crippen LogP contribution >= 0.6 is 11.8 Å². The minimum Gasteiger partial charge on any atom is -0.488 e. The summed E-state index contributed by atoms with van der Waals surface area (Å²) in [6.07, 6.45) is 4.35. The lowest BCUT2D eigenvalue weighted by molar-refractivity contribution is 0.382. The summed E-state index contributed by atoms with van der Waals surface area (Å²) >= 11 is 1.09. The van der Waals surface area contributed by atoms with Gasteiger partial charge in [-0.15, -0.1) is 10.2 Å². The number of thioether (sulfide) groups is 1. The van der Waals surface area contributed by atoms with Gasteiger partial charge in [0.1, 0.15) is 0 Å². The van der Waals surface area contributed by atoms with E-state index in [2.05, 4.69) is 16.5 Å². The largest absolute Gasteiger partial charge is 0.488 e. The molecule has 0 aliphatic heterocycles. The zero-order valence-electron chi connectivity index (χ0n) is 8.10. The van der Waals surface area contributed by atoms with Crippen LogP contribution in [0.15, 0.2) is 9.95 Å². The second kappa shape index (κ2) is 4.45. The van der Waals surface area contributed by atoms with Crippen molar-refractivity contribution in [2.45, 2.75) is 31.5 Å². The van der Waals surface area contributed by atoms with Gasteiger partial charge in [0, 0.05) is 12.3 Å². The van der Waals surface area contributed by atoms with E-state index in [4.69, 9.17) is 5.11 Å². The summed E-state index contributed by atoms with van der Waals surface area (Å²) in [5.74, 6) is -0.567. The molecule has 0 aliphatic carbocycles. The summed E-state index contributed by atoms with van der Waals surface area (Å²) in [6.45, 7) is 3.83. The highest BCUT2D eigenvalue weighted by Crippen LogP contribution is 2.17. The first-order chi connectivity index (χ1) is 6.61. The molecule has 1 N–H and O–H groups in total. The molecule has 14 heavy (non-hydrogen) atoms. The van der Waals surface area contributed by atoms with Crippen molar-refractivity contribution in [2.75, 3.05) is 0 Å². The second-order valence-corrected chi connectivity index (χ2v) is 3.54. The van der Waals surface area contributed by atoms with E-state index in [1.807, 2.05) is 13.8 Å². The molecule has 0 fully saturated rings. The first-order valence-corrected chi connectivity index (χ1v) is 5.20. The van der Waals surface area contributed by atoms with E-state index in [9.17, 15) is 4.79 Å². The molecule has 1 heterocycles. The van der Waals surface area contributed by atoms with Crippen LogP contribution in [0.1, 0.15) is 26.3 Å². The molecule has 0 spiro atoms. The number of nitrogens with zero attached hydrogens (tertiary/aromatic N) is 3. The fourth-order valence-electron chi connectivity index (χ4n) is 1.05. The zero-order valence-corrected chi connectivity index (χ0v) is 8.91. The van der Waals surface area contributed by atoms with Gasteiger partial charge in [-0.05, 0) is 13.3 Å². The van der Waals surface area contributed by atoms with Gasteiger partial charge in [0.25, 0.3) is 5.88 Å². The van der Waals surface area contributed by atoms with E-state index in [0.717, 1.165) is 18.2 Å². The van der Waals surface area contributed by atoms with Crippen LogP contribution in [0, 0.1) is 6.26 Å². The third-order valence-electron chi connectivity index (χ3n) is 2.01. The Bertz CT molecular complexity index is 377. The molecule has 6 heteroatoms. The van der Waals surface area contributed by atoms with E-state index < -0.39 is 11.4 Å². The van der Waals surface area contributed by atoms with Crippen molar-refractivity contribution in [2.24, 2.45) is 0 Å². The predicted molar refractivity (Wildman–Crippen MR) is 54.2 cm³/mol. The topological polar surface area (TPSA) is 68.0 Å². The lowest BCUT2D eigenvalue weighted by Crippen LogP contribution is -2.26. The minimum absolute atomic E-state index is 0.0202. The van der Waals surface area contributed by atoms with Gasteiger partial charge in [-0.2, -0.15) is 0 Å². The average molecular weight is 214 g/mol. The molecule has 1 aromatic heterocycles.